The van der Waals surface area contributed by atoms with E-state index in [0.29, 0.717) is 6.07 Å². The highest BCUT2D eigenvalue weighted by Gasteiger charge is 2.32. The van der Waals surface area contributed by atoms with Crippen LogP contribution in [0.3, 0.4) is 0 Å². The van der Waals surface area contributed by atoms with Crippen LogP contribution < -0.4 is 10.6 Å². The van der Waals surface area contributed by atoms with Crippen LogP contribution in [0.15, 0.2) is 12.1 Å². The quantitative estimate of drug-likeness (QED) is 0.817. The average molecular weight is 256 g/mol. The van der Waals surface area contributed by atoms with Gasteiger partial charge in [0.1, 0.15) is 17.2 Å². The van der Waals surface area contributed by atoms with E-state index in [1.807, 2.05) is 0 Å². The average Bonchev–Trinajstić information content (AvgIpc) is 2.55. The Labute approximate surface area is 101 Å². The second-order valence-electron chi connectivity index (χ2n) is 4.06. The number of nitrogens with two attached hydrogens (primary N) is 1. The minimum absolute atomic E-state index is 0.0250. The van der Waals surface area contributed by atoms with Gasteiger partial charge in [-0.05, 0) is 6.07 Å². The minimum atomic E-state index is -1.56. The molecule has 3 N–H and O–H groups in total. The fourth-order valence-electron chi connectivity index (χ4n) is 1.95. The Morgan fingerprint density at radius 3 is 2.61 bits per heavy atom. The second kappa shape index (κ2) is 4.34. The third kappa shape index (κ3) is 2.04. The normalized spacial score (nSPS) is 19.4. The topological polar surface area (TPSA) is 83.6 Å². The third-order valence-electron chi connectivity index (χ3n) is 2.69. The van der Waals surface area contributed by atoms with E-state index in [9.17, 15) is 18.4 Å². The van der Waals surface area contributed by atoms with Gasteiger partial charge in [0.2, 0.25) is 5.91 Å². The lowest BCUT2D eigenvalue weighted by Crippen LogP contribution is -2.29. The molecule has 1 aromatic carbocycles. The van der Waals surface area contributed by atoms with Crippen molar-refractivity contribution < 1.29 is 23.5 Å². The summed E-state index contributed by atoms with van der Waals surface area (Å²) in [7, 11) is 0. The van der Waals surface area contributed by atoms with Gasteiger partial charge in [-0.15, -0.1) is 0 Å². The van der Waals surface area contributed by atoms with Gasteiger partial charge in [0.25, 0.3) is 0 Å². The van der Waals surface area contributed by atoms with Gasteiger partial charge in [-0.3, -0.25) is 4.79 Å². The van der Waals surface area contributed by atoms with Crippen LogP contribution in [0, 0.1) is 11.6 Å². The molecule has 0 saturated carbocycles. The number of carboxylic acids is 1. The molecule has 7 heteroatoms. The van der Waals surface area contributed by atoms with Crippen molar-refractivity contribution in [2.45, 2.75) is 12.5 Å². The van der Waals surface area contributed by atoms with Crippen LogP contribution >= 0.6 is 0 Å². The molecule has 1 fully saturated rings. The first kappa shape index (κ1) is 12.4. The van der Waals surface area contributed by atoms with Gasteiger partial charge in [0.15, 0.2) is 0 Å². The van der Waals surface area contributed by atoms with E-state index in [1.54, 1.807) is 0 Å². The summed E-state index contributed by atoms with van der Waals surface area (Å²) in [6, 6.07) is 0.820. The molecule has 96 valence electrons. The van der Waals surface area contributed by atoms with E-state index in [-0.39, 0.29) is 18.7 Å². The Balaban J connectivity index is 2.56. The fraction of sp³-hybridized carbons (Fsp3) is 0.273. The molecule has 1 aromatic rings. The third-order valence-corrected chi connectivity index (χ3v) is 2.69. The number of anilines is 1. The first-order chi connectivity index (χ1) is 8.40. The summed E-state index contributed by atoms with van der Waals surface area (Å²) in [4.78, 5) is 23.6. The lowest BCUT2D eigenvalue weighted by atomic mass is 10.1. The summed E-state index contributed by atoms with van der Waals surface area (Å²) in [5.41, 5.74) is 4.54. The number of hydrogen-bond acceptors (Lipinski definition) is 3. The maximum Gasteiger partial charge on any atom is 0.340 e. The number of hydrogen-bond donors (Lipinski definition) is 2. The van der Waals surface area contributed by atoms with Crippen LogP contribution in [-0.4, -0.2) is 29.6 Å². The molecule has 0 spiro atoms. The number of carbonyl (C=O) groups is 2. The maximum absolute atomic E-state index is 13.4. The SMILES string of the molecule is NC1CC(=O)N(c2cc(F)cc(F)c2C(=O)O)C1. The maximum atomic E-state index is 13.4. The minimum Gasteiger partial charge on any atom is -0.478 e. The summed E-state index contributed by atoms with van der Waals surface area (Å²) in [6.45, 7) is 0.0437. The van der Waals surface area contributed by atoms with E-state index >= 15 is 0 Å². The summed E-state index contributed by atoms with van der Waals surface area (Å²) < 4.78 is 26.6. The number of halogens is 2. The molecule has 0 bridgehead atoms. The standard InChI is InChI=1S/C11H10F2N2O3/c12-5-1-7(13)10(11(17)18)8(2-5)15-4-6(14)3-9(15)16/h1-2,6H,3-4,14H2,(H,17,18). The Bertz CT molecular complexity index is 533. The number of amides is 1. The second-order valence-corrected chi connectivity index (χ2v) is 4.06. The van der Waals surface area contributed by atoms with Crippen molar-refractivity contribution >= 4 is 17.6 Å². The predicted octanol–water partition coefficient (Wildman–Crippen LogP) is 0.727. The lowest BCUT2D eigenvalue weighted by Gasteiger charge is -2.18. The fourth-order valence-corrected chi connectivity index (χ4v) is 1.95. The number of aromatic carboxylic acids is 1. The molecule has 1 unspecified atom stereocenters. The highest BCUT2D eigenvalue weighted by atomic mass is 19.1. The summed E-state index contributed by atoms with van der Waals surface area (Å²) >= 11 is 0. The van der Waals surface area contributed by atoms with Crippen molar-refractivity contribution in [2.24, 2.45) is 5.73 Å². The van der Waals surface area contributed by atoms with E-state index in [0.717, 1.165) is 11.0 Å². The van der Waals surface area contributed by atoms with E-state index in [2.05, 4.69) is 0 Å². The highest BCUT2D eigenvalue weighted by Crippen LogP contribution is 2.28. The van der Waals surface area contributed by atoms with Crippen LogP contribution in [-0.2, 0) is 4.79 Å². The Hall–Kier alpha value is -2.02. The zero-order valence-electron chi connectivity index (χ0n) is 9.19. The first-order valence-electron chi connectivity index (χ1n) is 5.18. The highest BCUT2D eigenvalue weighted by molar-refractivity contribution is 6.03. The van der Waals surface area contributed by atoms with Gasteiger partial charge in [-0.2, -0.15) is 0 Å². The van der Waals surface area contributed by atoms with Gasteiger partial charge in [-0.25, -0.2) is 13.6 Å². The van der Waals surface area contributed by atoms with Crippen LogP contribution in [0.5, 0.6) is 0 Å². The molecule has 1 aliphatic rings. The number of benzene rings is 1. The van der Waals surface area contributed by atoms with Crippen molar-refractivity contribution in [1.82, 2.24) is 0 Å². The number of carbonyl (C=O) groups excluding carboxylic acids is 1. The van der Waals surface area contributed by atoms with Crippen molar-refractivity contribution in [3.63, 3.8) is 0 Å². The molecule has 1 amide bonds. The largest absolute Gasteiger partial charge is 0.478 e. The van der Waals surface area contributed by atoms with Crippen molar-refractivity contribution in [3.8, 4) is 0 Å². The van der Waals surface area contributed by atoms with Crippen molar-refractivity contribution in [2.75, 3.05) is 11.4 Å². The van der Waals surface area contributed by atoms with Crippen LogP contribution in [0.1, 0.15) is 16.8 Å². The molecular formula is C11H10F2N2O3. The number of carboxylic acid groups (broad SMARTS) is 1. The van der Waals surface area contributed by atoms with Gasteiger partial charge < -0.3 is 15.7 Å². The zero-order valence-corrected chi connectivity index (χ0v) is 9.19. The Morgan fingerprint density at radius 2 is 2.11 bits per heavy atom. The van der Waals surface area contributed by atoms with E-state index < -0.39 is 35.1 Å². The molecule has 0 aliphatic carbocycles. The molecule has 5 nitrogen and oxygen atoms in total. The molecule has 18 heavy (non-hydrogen) atoms. The van der Waals surface area contributed by atoms with Gasteiger partial charge in [0.05, 0.1) is 5.69 Å². The van der Waals surface area contributed by atoms with Crippen LogP contribution in [0.25, 0.3) is 0 Å². The molecule has 1 atom stereocenters. The van der Waals surface area contributed by atoms with Gasteiger partial charge in [-0.1, -0.05) is 0 Å². The molecular weight excluding hydrogens is 246 g/mol. The number of rotatable bonds is 2. The molecule has 0 aromatic heterocycles. The van der Waals surface area contributed by atoms with Gasteiger partial charge >= 0.3 is 5.97 Å². The summed E-state index contributed by atoms with van der Waals surface area (Å²) in [6.07, 6.45) is 0.0250. The molecule has 1 heterocycles. The Morgan fingerprint density at radius 1 is 1.44 bits per heavy atom. The molecule has 1 aliphatic heterocycles. The zero-order chi connectivity index (χ0) is 13.4. The summed E-state index contributed by atoms with van der Waals surface area (Å²) in [5, 5.41) is 8.92. The lowest BCUT2D eigenvalue weighted by molar-refractivity contribution is -0.117. The van der Waals surface area contributed by atoms with Crippen LogP contribution in [0.4, 0.5) is 14.5 Å². The number of nitrogens with zero attached hydrogens (tertiary/aromatic N) is 1. The predicted molar refractivity (Wildman–Crippen MR) is 58.3 cm³/mol. The van der Waals surface area contributed by atoms with Crippen LogP contribution in [0.2, 0.25) is 0 Å². The monoisotopic (exact) mass is 256 g/mol. The first-order valence-corrected chi connectivity index (χ1v) is 5.18. The van der Waals surface area contributed by atoms with Gasteiger partial charge in [0, 0.05) is 25.1 Å². The molecule has 1 saturated heterocycles. The smallest absolute Gasteiger partial charge is 0.340 e. The summed E-state index contributed by atoms with van der Waals surface area (Å²) in [5.74, 6) is -4.17. The van der Waals surface area contributed by atoms with Crippen molar-refractivity contribution in [1.29, 1.82) is 0 Å². The molecule has 0 radical (unpaired) electrons. The Kier molecular flexibility index (Phi) is 3.00. The van der Waals surface area contributed by atoms with E-state index in [4.69, 9.17) is 10.8 Å². The van der Waals surface area contributed by atoms with E-state index in [1.165, 1.54) is 0 Å². The van der Waals surface area contributed by atoms with Crippen molar-refractivity contribution in [3.05, 3.63) is 29.3 Å². The molecule has 2 rings (SSSR count).